The molecule has 132 valence electrons. The molecule has 0 fully saturated rings. The molecule has 0 unspecified atom stereocenters. The molecular formula is C21H22N4O. The molecule has 0 saturated heterocycles. The van der Waals surface area contributed by atoms with Gasteiger partial charge in [0, 0.05) is 12.2 Å². The molecule has 0 aliphatic rings. The Bertz CT molecular complexity index is 873. The smallest absolute Gasteiger partial charge is 0.272 e. The van der Waals surface area contributed by atoms with Crippen LogP contribution in [0.25, 0.3) is 0 Å². The van der Waals surface area contributed by atoms with E-state index in [9.17, 15) is 4.79 Å². The topological polar surface area (TPSA) is 66.9 Å². The molecule has 0 bridgehead atoms. The number of nitrogens with one attached hydrogen (secondary N) is 2. The van der Waals surface area contributed by atoms with E-state index in [0.717, 1.165) is 23.2 Å². The Morgan fingerprint density at radius 2 is 1.73 bits per heavy atom. The number of benzene rings is 2. The minimum atomic E-state index is -0.236. The van der Waals surface area contributed by atoms with Crippen molar-refractivity contribution < 1.29 is 4.79 Å². The van der Waals surface area contributed by atoms with Gasteiger partial charge in [-0.3, -0.25) is 4.79 Å². The van der Waals surface area contributed by atoms with Crippen molar-refractivity contribution in [3.8, 4) is 0 Å². The maximum absolute atomic E-state index is 12.2. The SMILES string of the molecule is CCc1ccc(Nc2ccc(C(=O)NCc3ccccc3C)nn2)cc1. The Labute approximate surface area is 153 Å². The molecule has 2 N–H and O–H groups in total. The fourth-order valence-electron chi connectivity index (χ4n) is 2.57. The van der Waals surface area contributed by atoms with Gasteiger partial charge in [0.25, 0.3) is 5.91 Å². The predicted octanol–water partition coefficient (Wildman–Crippen LogP) is 4.02. The first-order valence-corrected chi connectivity index (χ1v) is 8.68. The quantitative estimate of drug-likeness (QED) is 0.707. The van der Waals surface area contributed by atoms with Crippen LogP contribution in [0, 0.1) is 6.92 Å². The van der Waals surface area contributed by atoms with E-state index in [0.29, 0.717) is 18.1 Å². The summed E-state index contributed by atoms with van der Waals surface area (Å²) < 4.78 is 0. The summed E-state index contributed by atoms with van der Waals surface area (Å²) >= 11 is 0. The number of rotatable bonds is 6. The lowest BCUT2D eigenvalue weighted by Crippen LogP contribution is -2.24. The van der Waals surface area contributed by atoms with Gasteiger partial charge in [-0.2, -0.15) is 0 Å². The summed E-state index contributed by atoms with van der Waals surface area (Å²) in [4.78, 5) is 12.2. The number of carbonyl (C=O) groups excluding carboxylic acids is 1. The van der Waals surface area contributed by atoms with Crippen LogP contribution < -0.4 is 10.6 Å². The lowest BCUT2D eigenvalue weighted by Gasteiger charge is -2.08. The molecule has 5 heteroatoms. The van der Waals surface area contributed by atoms with Crippen molar-refractivity contribution in [3.05, 3.63) is 83.0 Å². The normalized spacial score (nSPS) is 10.4. The Morgan fingerprint density at radius 1 is 0.962 bits per heavy atom. The molecule has 5 nitrogen and oxygen atoms in total. The molecule has 0 aliphatic carbocycles. The molecule has 0 atom stereocenters. The van der Waals surface area contributed by atoms with E-state index in [2.05, 4.69) is 39.9 Å². The van der Waals surface area contributed by atoms with E-state index in [-0.39, 0.29) is 5.91 Å². The maximum Gasteiger partial charge on any atom is 0.272 e. The third-order valence-electron chi connectivity index (χ3n) is 4.23. The third kappa shape index (κ3) is 4.45. The number of nitrogens with zero attached hydrogens (tertiary/aromatic N) is 2. The van der Waals surface area contributed by atoms with Crippen molar-refractivity contribution >= 4 is 17.4 Å². The van der Waals surface area contributed by atoms with Crippen LogP contribution in [0.1, 0.15) is 34.1 Å². The van der Waals surface area contributed by atoms with E-state index >= 15 is 0 Å². The monoisotopic (exact) mass is 346 g/mol. The zero-order chi connectivity index (χ0) is 18.4. The van der Waals surface area contributed by atoms with Gasteiger partial charge in [-0.05, 0) is 54.3 Å². The molecule has 1 aromatic heterocycles. The van der Waals surface area contributed by atoms with Crippen LogP contribution in [0.4, 0.5) is 11.5 Å². The first-order valence-electron chi connectivity index (χ1n) is 8.68. The largest absolute Gasteiger partial charge is 0.347 e. The van der Waals surface area contributed by atoms with E-state index in [1.807, 2.05) is 43.3 Å². The van der Waals surface area contributed by atoms with Gasteiger partial charge in [0.1, 0.15) is 0 Å². The first kappa shape index (κ1) is 17.6. The zero-order valence-electron chi connectivity index (χ0n) is 15.0. The van der Waals surface area contributed by atoms with Gasteiger partial charge >= 0.3 is 0 Å². The van der Waals surface area contributed by atoms with Crippen molar-refractivity contribution in [3.63, 3.8) is 0 Å². The number of aromatic nitrogens is 2. The molecule has 1 amide bonds. The lowest BCUT2D eigenvalue weighted by molar-refractivity contribution is 0.0945. The van der Waals surface area contributed by atoms with Crippen molar-refractivity contribution in [2.24, 2.45) is 0 Å². The summed E-state index contributed by atoms with van der Waals surface area (Å²) in [6.45, 7) is 4.61. The van der Waals surface area contributed by atoms with E-state index in [1.165, 1.54) is 5.56 Å². The summed E-state index contributed by atoms with van der Waals surface area (Å²) in [6.07, 6.45) is 1.01. The van der Waals surface area contributed by atoms with Gasteiger partial charge in [0.2, 0.25) is 0 Å². The first-order chi connectivity index (χ1) is 12.7. The minimum Gasteiger partial charge on any atom is -0.347 e. The zero-order valence-corrected chi connectivity index (χ0v) is 15.0. The van der Waals surface area contributed by atoms with Gasteiger partial charge in [-0.1, -0.05) is 43.3 Å². The third-order valence-corrected chi connectivity index (χ3v) is 4.23. The highest BCUT2D eigenvalue weighted by Crippen LogP contribution is 2.15. The van der Waals surface area contributed by atoms with Crippen LogP contribution >= 0.6 is 0 Å². The molecule has 3 rings (SSSR count). The van der Waals surface area contributed by atoms with E-state index < -0.39 is 0 Å². The van der Waals surface area contributed by atoms with Crippen LogP contribution in [0.3, 0.4) is 0 Å². The van der Waals surface area contributed by atoms with E-state index in [4.69, 9.17) is 0 Å². The Balaban J connectivity index is 1.59. The Morgan fingerprint density at radius 3 is 2.38 bits per heavy atom. The number of anilines is 2. The molecular weight excluding hydrogens is 324 g/mol. The Kier molecular flexibility index (Phi) is 5.59. The van der Waals surface area contributed by atoms with Gasteiger partial charge < -0.3 is 10.6 Å². The number of hydrogen-bond donors (Lipinski definition) is 2. The fraction of sp³-hybridized carbons (Fsp3) is 0.190. The number of hydrogen-bond acceptors (Lipinski definition) is 4. The van der Waals surface area contributed by atoms with Crippen LogP contribution in [-0.4, -0.2) is 16.1 Å². The molecule has 0 aliphatic heterocycles. The van der Waals surface area contributed by atoms with Gasteiger partial charge in [0.05, 0.1) is 0 Å². The number of carbonyl (C=O) groups is 1. The molecule has 3 aromatic rings. The van der Waals surface area contributed by atoms with Crippen molar-refractivity contribution in [1.29, 1.82) is 0 Å². The van der Waals surface area contributed by atoms with Crippen molar-refractivity contribution in [1.82, 2.24) is 15.5 Å². The second-order valence-corrected chi connectivity index (χ2v) is 6.09. The minimum absolute atomic E-state index is 0.236. The average molecular weight is 346 g/mol. The second kappa shape index (κ2) is 8.25. The highest BCUT2D eigenvalue weighted by atomic mass is 16.1. The highest BCUT2D eigenvalue weighted by molar-refractivity contribution is 5.92. The summed E-state index contributed by atoms with van der Waals surface area (Å²) in [5.41, 5.74) is 4.75. The summed E-state index contributed by atoms with van der Waals surface area (Å²) in [6, 6.07) is 19.5. The average Bonchev–Trinajstić information content (AvgIpc) is 2.68. The van der Waals surface area contributed by atoms with Crippen LogP contribution in [-0.2, 0) is 13.0 Å². The molecule has 2 aromatic carbocycles. The summed E-state index contributed by atoms with van der Waals surface area (Å²) in [5, 5.41) is 14.2. The van der Waals surface area contributed by atoms with Crippen molar-refractivity contribution in [2.45, 2.75) is 26.8 Å². The van der Waals surface area contributed by atoms with Crippen LogP contribution in [0.2, 0.25) is 0 Å². The molecule has 0 spiro atoms. The van der Waals surface area contributed by atoms with Crippen LogP contribution in [0.15, 0.2) is 60.7 Å². The lowest BCUT2D eigenvalue weighted by atomic mass is 10.1. The summed E-state index contributed by atoms with van der Waals surface area (Å²) in [7, 11) is 0. The molecule has 0 radical (unpaired) electrons. The van der Waals surface area contributed by atoms with E-state index in [1.54, 1.807) is 12.1 Å². The van der Waals surface area contributed by atoms with Crippen molar-refractivity contribution in [2.75, 3.05) is 5.32 Å². The second-order valence-electron chi connectivity index (χ2n) is 6.09. The van der Waals surface area contributed by atoms with Crippen LogP contribution in [0.5, 0.6) is 0 Å². The summed E-state index contributed by atoms with van der Waals surface area (Å²) in [5.74, 6) is 0.365. The molecule has 1 heterocycles. The standard InChI is InChI=1S/C21H22N4O/c1-3-16-8-10-18(11-9-16)23-20-13-12-19(24-25-20)21(26)22-14-17-7-5-4-6-15(17)2/h4-13H,3,14H2,1-2H3,(H,22,26)(H,23,25). The Hall–Kier alpha value is -3.21. The number of amides is 1. The predicted molar refractivity (Wildman–Crippen MR) is 103 cm³/mol. The molecule has 26 heavy (non-hydrogen) atoms. The fourth-order valence-corrected chi connectivity index (χ4v) is 2.57. The maximum atomic E-state index is 12.2. The molecule has 0 saturated carbocycles. The van der Waals surface area contributed by atoms with Gasteiger partial charge in [0.15, 0.2) is 11.5 Å². The number of aryl methyl sites for hydroxylation is 2. The van der Waals surface area contributed by atoms with Gasteiger partial charge in [-0.25, -0.2) is 0 Å². The van der Waals surface area contributed by atoms with Gasteiger partial charge in [-0.15, -0.1) is 10.2 Å². The highest BCUT2D eigenvalue weighted by Gasteiger charge is 2.09.